The maximum atomic E-state index is 12.6. The van der Waals surface area contributed by atoms with Crippen LogP contribution in [-0.2, 0) is 0 Å². The van der Waals surface area contributed by atoms with E-state index in [1.807, 2.05) is 30.3 Å². The molecule has 0 atom stereocenters. The molecule has 0 saturated carbocycles. The molecule has 1 amide bonds. The van der Waals surface area contributed by atoms with E-state index in [9.17, 15) is 4.79 Å². The highest BCUT2D eigenvalue weighted by Crippen LogP contribution is 2.23. The number of hydrogen-bond donors (Lipinski definition) is 4. The number of amides is 1. The molecule has 0 unspecified atom stereocenters. The molecule has 0 bridgehead atoms. The first-order valence-corrected chi connectivity index (χ1v) is 10.3. The zero-order valence-electron chi connectivity index (χ0n) is 17.5. The topological polar surface area (TPSA) is 150 Å². The molecule has 0 saturated heterocycles. The molecule has 0 spiro atoms. The van der Waals surface area contributed by atoms with Crippen LogP contribution >= 0.6 is 0 Å². The van der Waals surface area contributed by atoms with Gasteiger partial charge in [-0.3, -0.25) is 9.89 Å². The number of H-pyrrole nitrogens is 2. The lowest BCUT2D eigenvalue weighted by molar-refractivity contribution is 0.102. The van der Waals surface area contributed by atoms with E-state index >= 15 is 0 Å². The van der Waals surface area contributed by atoms with Gasteiger partial charge in [0, 0.05) is 22.7 Å². The quantitative estimate of drug-likeness (QED) is 0.312. The molecule has 34 heavy (non-hydrogen) atoms. The lowest BCUT2D eigenvalue weighted by Gasteiger charge is -2.07. The van der Waals surface area contributed by atoms with Crippen LogP contribution in [0, 0.1) is 0 Å². The monoisotopic (exact) mass is 448 g/mol. The second kappa shape index (κ2) is 8.06. The number of hydrogen-bond acceptors (Lipinski definition) is 8. The number of carbonyl (C=O) groups excluding carboxylic acids is 1. The Morgan fingerprint density at radius 2 is 1.82 bits per heavy atom. The number of fused-ring (bicyclic) bond motifs is 2. The number of rotatable bonds is 5. The van der Waals surface area contributed by atoms with E-state index in [0.29, 0.717) is 34.4 Å². The van der Waals surface area contributed by atoms with E-state index < -0.39 is 0 Å². The molecular formula is C23H16N10O. The van der Waals surface area contributed by atoms with E-state index in [1.54, 1.807) is 30.6 Å². The van der Waals surface area contributed by atoms with Crippen molar-refractivity contribution in [3.8, 4) is 11.5 Å². The Morgan fingerprint density at radius 1 is 0.853 bits per heavy atom. The Bertz CT molecular complexity index is 1640. The van der Waals surface area contributed by atoms with E-state index in [2.05, 4.69) is 51.0 Å². The molecule has 5 aromatic heterocycles. The Hall–Kier alpha value is -5.19. The molecule has 0 radical (unpaired) electrons. The van der Waals surface area contributed by atoms with Gasteiger partial charge in [-0.1, -0.05) is 0 Å². The maximum absolute atomic E-state index is 12.6. The first kappa shape index (κ1) is 19.5. The standard InChI is InChI=1S/C23H16N10O/c34-23(29-16-5-8-25-26-12-16)19-10-13-1-3-18(30-21(13)31-19)22-24-7-6-20(32-22)28-15-2-4-17-14(9-15)11-27-33-17/h1-12H,(H,27,33)(H,30,31)(H,24,28,32)(H,25,29,34). The number of nitrogens with one attached hydrogen (secondary N) is 4. The number of pyridine rings is 1. The number of benzene rings is 1. The van der Waals surface area contributed by atoms with Crippen molar-refractivity contribution in [3.63, 3.8) is 0 Å². The molecular weight excluding hydrogens is 432 g/mol. The van der Waals surface area contributed by atoms with Gasteiger partial charge in [0.05, 0.1) is 29.8 Å². The summed E-state index contributed by atoms with van der Waals surface area (Å²) in [5.41, 5.74) is 3.91. The van der Waals surface area contributed by atoms with Crippen LogP contribution in [0.3, 0.4) is 0 Å². The van der Waals surface area contributed by atoms with Crippen LogP contribution < -0.4 is 10.6 Å². The summed E-state index contributed by atoms with van der Waals surface area (Å²) < 4.78 is 0. The third-order valence-corrected chi connectivity index (χ3v) is 5.16. The lowest BCUT2D eigenvalue weighted by atomic mass is 10.2. The largest absolute Gasteiger partial charge is 0.340 e. The number of anilines is 3. The molecule has 164 valence electrons. The fourth-order valence-corrected chi connectivity index (χ4v) is 3.54. The van der Waals surface area contributed by atoms with Crippen molar-refractivity contribution in [2.24, 2.45) is 0 Å². The summed E-state index contributed by atoms with van der Waals surface area (Å²) in [7, 11) is 0. The van der Waals surface area contributed by atoms with Gasteiger partial charge in [0.15, 0.2) is 5.82 Å². The second-order valence-electron chi connectivity index (χ2n) is 7.47. The first-order valence-electron chi connectivity index (χ1n) is 10.3. The van der Waals surface area contributed by atoms with Gasteiger partial charge in [0.1, 0.15) is 22.9 Å². The van der Waals surface area contributed by atoms with Crippen LogP contribution in [0.1, 0.15) is 10.5 Å². The molecule has 4 N–H and O–H groups in total. The van der Waals surface area contributed by atoms with E-state index in [4.69, 9.17) is 0 Å². The molecule has 0 aliphatic heterocycles. The minimum Gasteiger partial charge on any atom is -0.340 e. The maximum Gasteiger partial charge on any atom is 0.272 e. The highest BCUT2D eigenvalue weighted by Gasteiger charge is 2.13. The number of aromatic amines is 2. The van der Waals surface area contributed by atoms with E-state index in [-0.39, 0.29) is 5.91 Å². The van der Waals surface area contributed by atoms with Gasteiger partial charge in [0.25, 0.3) is 5.91 Å². The minimum absolute atomic E-state index is 0.301. The van der Waals surface area contributed by atoms with E-state index in [1.165, 1.54) is 12.4 Å². The van der Waals surface area contributed by atoms with Gasteiger partial charge in [0.2, 0.25) is 0 Å². The summed E-state index contributed by atoms with van der Waals surface area (Å²) in [5, 5.41) is 22.3. The third-order valence-electron chi connectivity index (χ3n) is 5.16. The zero-order chi connectivity index (χ0) is 22.9. The Kier molecular flexibility index (Phi) is 4.62. The molecule has 6 aromatic rings. The molecule has 11 heteroatoms. The Labute approximate surface area is 191 Å². The first-order chi connectivity index (χ1) is 16.7. The lowest BCUT2D eigenvalue weighted by Crippen LogP contribution is -2.12. The van der Waals surface area contributed by atoms with Gasteiger partial charge in [-0.05, 0) is 48.5 Å². The van der Waals surface area contributed by atoms with E-state index in [0.717, 1.165) is 22.0 Å². The van der Waals surface area contributed by atoms with Crippen LogP contribution in [0.5, 0.6) is 0 Å². The van der Waals surface area contributed by atoms with Crippen molar-refractivity contribution in [3.05, 3.63) is 79.0 Å². The number of aromatic nitrogens is 8. The van der Waals surface area contributed by atoms with Crippen molar-refractivity contribution in [1.29, 1.82) is 0 Å². The minimum atomic E-state index is -0.301. The number of nitrogens with zero attached hydrogens (tertiary/aromatic N) is 6. The zero-order valence-corrected chi connectivity index (χ0v) is 17.5. The van der Waals surface area contributed by atoms with Crippen molar-refractivity contribution in [1.82, 2.24) is 40.3 Å². The fraction of sp³-hybridized carbons (Fsp3) is 0. The normalized spacial score (nSPS) is 11.1. The third kappa shape index (κ3) is 3.77. The van der Waals surface area contributed by atoms with Crippen LogP contribution in [0.15, 0.2) is 73.3 Å². The molecule has 0 aliphatic rings. The van der Waals surface area contributed by atoms with Crippen LogP contribution in [-0.4, -0.2) is 46.2 Å². The molecule has 11 nitrogen and oxygen atoms in total. The summed E-state index contributed by atoms with van der Waals surface area (Å²) in [4.78, 5) is 29.2. The van der Waals surface area contributed by atoms with Gasteiger partial charge in [-0.25, -0.2) is 15.0 Å². The molecule has 1 aromatic carbocycles. The fourth-order valence-electron chi connectivity index (χ4n) is 3.54. The highest BCUT2D eigenvalue weighted by molar-refractivity contribution is 6.05. The SMILES string of the molecule is O=C(Nc1ccnnc1)c1cc2ccc(-c3nccc(Nc4ccc5[nH]ncc5c4)n3)nc2[nH]1. The summed E-state index contributed by atoms with van der Waals surface area (Å²) in [6, 6.07) is 14.8. The summed E-state index contributed by atoms with van der Waals surface area (Å²) >= 11 is 0. The smallest absolute Gasteiger partial charge is 0.272 e. The van der Waals surface area contributed by atoms with Crippen LogP contribution in [0.4, 0.5) is 17.2 Å². The summed E-state index contributed by atoms with van der Waals surface area (Å²) in [6.45, 7) is 0. The molecule has 0 fully saturated rings. The second-order valence-corrected chi connectivity index (χ2v) is 7.47. The average molecular weight is 448 g/mol. The van der Waals surface area contributed by atoms with Crippen molar-refractivity contribution in [2.45, 2.75) is 0 Å². The highest BCUT2D eigenvalue weighted by atomic mass is 16.1. The Morgan fingerprint density at radius 3 is 2.74 bits per heavy atom. The Balaban J connectivity index is 1.25. The number of carbonyl (C=O) groups is 1. The molecule has 0 aliphatic carbocycles. The van der Waals surface area contributed by atoms with Crippen molar-refractivity contribution >= 4 is 45.0 Å². The van der Waals surface area contributed by atoms with Gasteiger partial charge in [-0.2, -0.15) is 15.3 Å². The van der Waals surface area contributed by atoms with Gasteiger partial charge >= 0.3 is 0 Å². The predicted octanol–water partition coefficient (Wildman–Crippen LogP) is 3.68. The average Bonchev–Trinajstić information content (AvgIpc) is 3.51. The molecule has 6 rings (SSSR count). The van der Waals surface area contributed by atoms with Crippen molar-refractivity contribution in [2.75, 3.05) is 10.6 Å². The summed E-state index contributed by atoms with van der Waals surface area (Å²) in [5.74, 6) is 0.789. The van der Waals surface area contributed by atoms with Crippen LogP contribution in [0.2, 0.25) is 0 Å². The molecule has 5 heterocycles. The van der Waals surface area contributed by atoms with Gasteiger partial charge < -0.3 is 15.6 Å². The van der Waals surface area contributed by atoms with Gasteiger partial charge in [-0.15, -0.1) is 0 Å². The van der Waals surface area contributed by atoms with Crippen molar-refractivity contribution < 1.29 is 4.79 Å². The van der Waals surface area contributed by atoms with Crippen LogP contribution in [0.25, 0.3) is 33.5 Å². The summed E-state index contributed by atoms with van der Waals surface area (Å²) in [6.07, 6.45) is 6.42. The predicted molar refractivity (Wildman–Crippen MR) is 126 cm³/mol.